The van der Waals surface area contributed by atoms with Gasteiger partial charge in [0.05, 0.1) is 12.1 Å². The van der Waals surface area contributed by atoms with Gasteiger partial charge in [-0.1, -0.05) is 36.4 Å². The Kier molecular flexibility index (Phi) is 7.23. The number of nitrogens with one attached hydrogen (secondary N) is 2. The molecule has 0 radical (unpaired) electrons. The number of hydrogen-bond acceptors (Lipinski definition) is 7. The van der Waals surface area contributed by atoms with E-state index in [2.05, 4.69) is 31.2 Å². The van der Waals surface area contributed by atoms with Gasteiger partial charge in [-0.2, -0.15) is 4.68 Å². The van der Waals surface area contributed by atoms with Crippen molar-refractivity contribution in [3.05, 3.63) is 88.2 Å². The Morgan fingerprint density at radius 1 is 0.976 bits per heavy atom. The number of nitrogen functional groups attached to an aromatic ring is 1. The summed E-state index contributed by atoms with van der Waals surface area (Å²) < 4.78 is 3.02. The zero-order valence-corrected chi connectivity index (χ0v) is 23.8. The van der Waals surface area contributed by atoms with Crippen LogP contribution in [-0.4, -0.2) is 54.7 Å². The number of aromatic amines is 1. The van der Waals surface area contributed by atoms with E-state index in [9.17, 15) is 4.79 Å². The summed E-state index contributed by atoms with van der Waals surface area (Å²) in [5, 5.41) is 8.41. The number of anilines is 2. The van der Waals surface area contributed by atoms with E-state index in [0.29, 0.717) is 18.2 Å². The molecule has 0 amide bonds. The number of likely N-dealkylation sites (tertiary alicyclic amines) is 1. The molecule has 210 valence electrons. The number of piperidine rings is 1. The largest absolute Gasteiger partial charge is 0.411 e. The molecule has 4 aromatic heterocycles. The van der Waals surface area contributed by atoms with Crippen molar-refractivity contribution in [2.75, 3.05) is 30.7 Å². The van der Waals surface area contributed by atoms with Crippen LogP contribution in [0.4, 0.5) is 11.8 Å². The second-order valence-electron chi connectivity index (χ2n) is 10.9. The zero-order chi connectivity index (χ0) is 28.5. The molecule has 4 N–H and O–H groups in total. The third-order valence-electron chi connectivity index (χ3n) is 7.72. The van der Waals surface area contributed by atoms with Gasteiger partial charge in [0.25, 0.3) is 0 Å². The smallest absolute Gasteiger partial charge is 0.367 e. The molecule has 0 bridgehead atoms. The van der Waals surface area contributed by atoms with E-state index in [1.165, 1.54) is 4.40 Å². The van der Waals surface area contributed by atoms with E-state index in [4.69, 9.17) is 10.8 Å². The van der Waals surface area contributed by atoms with Crippen molar-refractivity contribution < 1.29 is 4.98 Å². The summed E-state index contributed by atoms with van der Waals surface area (Å²) in [5.41, 5.74) is 13.2. The molecule has 41 heavy (non-hydrogen) atoms. The summed E-state index contributed by atoms with van der Waals surface area (Å²) in [6.45, 7) is 9.08. The molecule has 6 rings (SSSR count). The number of hydrogen-bond donors (Lipinski definition) is 2. The van der Waals surface area contributed by atoms with E-state index in [0.717, 1.165) is 77.6 Å². The van der Waals surface area contributed by atoms with Gasteiger partial charge in [0, 0.05) is 48.8 Å². The van der Waals surface area contributed by atoms with E-state index in [1.807, 2.05) is 75.5 Å². The van der Waals surface area contributed by atoms with Crippen molar-refractivity contribution in [1.82, 2.24) is 29.0 Å². The Balaban J connectivity index is 1.27. The van der Waals surface area contributed by atoms with Crippen LogP contribution >= 0.6 is 0 Å². The molecule has 0 atom stereocenters. The fourth-order valence-electron chi connectivity index (χ4n) is 5.66. The molecule has 1 aliphatic rings. The molecule has 10 nitrogen and oxygen atoms in total. The van der Waals surface area contributed by atoms with Crippen molar-refractivity contribution in [3.63, 3.8) is 0 Å². The number of H-pyrrole nitrogens is 1. The number of nitrogens with two attached hydrogens (primary N) is 1. The lowest BCUT2D eigenvalue weighted by Crippen LogP contribution is -2.41. The summed E-state index contributed by atoms with van der Waals surface area (Å²) >= 11 is 0. The van der Waals surface area contributed by atoms with Crippen molar-refractivity contribution in [2.24, 2.45) is 0 Å². The Labute approximate surface area is 238 Å². The lowest BCUT2D eigenvalue weighted by atomic mass is 9.99. The number of aromatic nitrogens is 6. The molecule has 5 heterocycles. The van der Waals surface area contributed by atoms with Crippen LogP contribution in [-0.2, 0) is 6.54 Å². The maximum atomic E-state index is 13.6. The summed E-state index contributed by atoms with van der Waals surface area (Å²) in [6.07, 6.45) is 3.92. The molecule has 10 heteroatoms. The average molecular weight is 551 g/mol. The zero-order valence-electron chi connectivity index (χ0n) is 23.8. The van der Waals surface area contributed by atoms with Gasteiger partial charge in [-0.15, -0.1) is 9.50 Å². The van der Waals surface area contributed by atoms with E-state index in [-0.39, 0.29) is 11.6 Å². The Morgan fingerprint density at radius 3 is 2.39 bits per heavy atom. The van der Waals surface area contributed by atoms with Crippen LogP contribution in [0.3, 0.4) is 0 Å². The van der Waals surface area contributed by atoms with Crippen LogP contribution in [0.15, 0.2) is 65.6 Å². The highest BCUT2D eigenvalue weighted by Gasteiger charge is 2.26. The highest BCUT2D eigenvalue weighted by Crippen LogP contribution is 2.33. The normalized spacial score (nSPS) is 14.5. The minimum Gasteiger partial charge on any atom is -0.367 e. The maximum Gasteiger partial charge on any atom is 0.411 e. The van der Waals surface area contributed by atoms with Crippen molar-refractivity contribution >= 4 is 17.4 Å². The second kappa shape index (κ2) is 11.1. The van der Waals surface area contributed by atoms with Gasteiger partial charge in [-0.05, 0) is 62.9 Å². The number of aryl methyl sites for hydroxylation is 3. The third-order valence-corrected chi connectivity index (χ3v) is 7.72. The second-order valence-corrected chi connectivity index (χ2v) is 10.9. The molecule has 0 spiro atoms. The minimum atomic E-state index is -0.251. The van der Waals surface area contributed by atoms with Crippen molar-refractivity contribution in [2.45, 2.75) is 46.2 Å². The number of pyridine rings is 2. The predicted molar refractivity (Wildman–Crippen MR) is 161 cm³/mol. The lowest BCUT2D eigenvalue weighted by molar-refractivity contribution is -0.351. The summed E-state index contributed by atoms with van der Waals surface area (Å²) in [6, 6.07) is 18.5. The van der Waals surface area contributed by atoms with Gasteiger partial charge in [-0.3, -0.25) is 10.7 Å². The Morgan fingerprint density at radius 2 is 1.71 bits per heavy atom. The Hall–Kier alpha value is -4.57. The van der Waals surface area contributed by atoms with Crippen LogP contribution in [0.5, 0.6) is 0 Å². The highest BCUT2D eigenvalue weighted by atomic mass is 16.2. The fourth-order valence-corrected chi connectivity index (χ4v) is 5.66. The first kappa shape index (κ1) is 26.6. The molecule has 1 saturated heterocycles. The SMILES string of the molecule is Cc1ccc(NC2CCN(CCn3nc4c(-c5cc(C)nc(C)c5)c(-c5ccccc5)[nH+]c(N)n4c3=O)CC2)nc1. The van der Waals surface area contributed by atoms with Crippen LogP contribution in [0.2, 0.25) is 0 Å². The van der Waals surface area contributed by atoms with E-state index >= 15 is 0 Å². The monoisotopic (exact) mass is 550 g/mol. The molecular weight excluding hydrogens is 514 g/mol. The number of benzene rings is 1. The summed E-state index contributed by atoms with van der Waals surface area (Å²) in [4.78, 5) is 28.3. The van der Waals surface area contributed by atoms with Crippen LogP contribution in [0.25, 0.3) is 28.0 Å². The molecule has 1 aromatic carbocycles. The van der Waals surface area contributed by atoms with Gasteiger partial charge in [0.2, 0.25) is 5.65 Å². The van der Waals surface area contributed by atoms with Gasteiger partial charge in [0.15, 0.2) is 0 Å². The standard InChI is InChI=1S/C31H35N9O/c1-20-9-10-26(33-19-20)35-25-11-13-38(14-12-25)15-16-39-31(41)40-29(37-39)27(24-17-21(2)34-22(3)18-24)28(36-30(40)32)23-7-5-4-6-8-23/h4-10,17-19,25H,11-16H2,1-3H3,(H2,32,36)(H,33,35)/p+1. The molecule has 5 aromatic rings. The van der Waals surface area contributed by atoms with Crippen molar-refractivity contribution in [3.8, 4) is 22.4 Å². The van der Waals surface area contributed by atoms with Gasteiger partial charge in [0.1, 0.15) is 11.5 Å². The number of rotatable bonds is 7. The Bertz CT molecular complexity index is 1710. The molecule has 1 aliphatic heterocycles. The van der Waals surface area contributed by atoms with Crippen LogP contribution < -0.4 is 21.7 Å². The number of fused-ring (bicyclic) bond motifs is 1. The lowest BCUT2D eigenvalue weighted by Gasteiger charge is -2.32. The molecule has 1 fully saturated rings. The minimum absolute atomic E-state index is 0.248. The van der Waals surface area contributed by atoms with Crippen molar-refractivity contribution in [1.29, 1.82) is 0 Å². The van der Waals surface area contributed by atoms with Gasteiger partial charge < -0.3 is 10.2 Å². The molecule has 0 aliphatic carbocycles. The topological polar surface area (TPSA) is 121 Å². The third kappa shape index (κ3) is 5.55. The molecule has 0 saturated carbocycles. The average Bonchev–Trinajstić information content (AvgIpc) is 3.30. The summed E-state index contributed by atoms with van der Waals surface area (Å²) in [5.74, 6) is 1.17. The molecular formula is C31H36N9O+. The van der Waals surface area contributed by atoms with Crippen LogP contribution in [0, 0.1) is 20.8 Å². The van der Waals surface area contributed by atoms with Gasteiger partial charge in [-0.25, -0.2) is 14.8 Å². The summed E-state index contributed by atoms with van der Waals surface area (Å²) in [7, 11) is 0. The predicted octanol–water partition coefficient (Wildman–Crippen LogP) is 3.52. The highest BCUT2D eigenvalue weighted by molar-refractivity contribution is 5.88. The first-order valence-corrected chi connectivity index (χ1v) is 14.1. The van der Waals surface area contributed by atoms with E-state index < -0.39 is 0 Å². The molecule has 0 unspecified atom stereocenters. The fraction of sp³-hybridized carbons (Fsp3) is 0.323. The maximum absolute atomic E-state index is 13.6. The first-order chi connectivity index (χ1) is 19.9. The van der Waals surface area contributed by atoms with Crippen LogP contribution in [0.1, 0.15) is 29.8 Å². The quantitative estimate of drug-likeness (QED) is 0.318. The first-order valence-electron chi connectivity index (χ1n) is 14.1. The number of nitrogens with zero attached hydrogens (tertiary/aromatic N) is 6. The van der Waals surface area contributed by atoms with Gasteiger partial charge >= 0.3 is 11.6 Å². The van der Waals surface area contributed by atoms with E-state index in [1.54, 1.807) is 4.68 Å².